The lowest BCUT2D eigenvalue weighted by atomic mass is 10.2. The van der Waals surface area contributed by atoms with E-state index in [2.05, 4.69) is 20.5 Å². The Morgan fingerprint density at radius 1 is 1.43 bits per heavy atom. The van der Waals surface area contributed by atoms with Crippen molar-refractivity contribution >= 4 is 49.9 Å². The predicted molar refractivity (Wildman–Crippen MR) is 87.6 cm³/mol. The van der Waals surface area contributed by atoms with Gasteiger partial charge in [-0.3, -0.25) is 4.79 Å². The Labute approximate surface area is 129 Å². The molecule has 0 atom stereocenters. The van der Waals surface area contributed by atoms with Crippen molar-refractivity contribution in [3.05, 3.63) is 26.8 Å². The third kappa shape index (κ3) is 2.59. The zero-order valence-corrected chi connectivity index (χ0v) is 13.2. The number of aromatic nitrogens is 3. The van der Waals surface area contributed by atoms with E-state index in [9.17, 15) is 4.79 Å². The molecule has 3 aromatic rings. The molecule has 0 aliphatic heterocycles. The monoisotopic (exact) mass is 323 g/mol. The first-order valence-corrected chi connectivity index (χ1v) is 7.67. The van der Waals surface area contributed by atoms with Crippen LogP contribution in [0.4, 0.5) is 5.82 Å². The second kappa shape index (κ2) is 5.59. The standard InChI is InChI=1S/C13H14ClN5OS/c1-19(2)5-4-15-13-8-9(12(14)17-18-13)16-7-3-6-21-11(7)10(8)20/h3,6H,4-5H2,1-2H3,(H,15,18)(H,16,20). The first-order chi connectivity index (χ1) is 10.1. The molecule has 6 nitrogen and oxygen atoms in total. The maximum absolute atomic E-state index is 12.6. The van der Waals surface area contributed by atoms with Crippen LogP contribution in [0.3, 0.4) is 0 Å². The van der Waals surface area contributed by atoms with Crippen LogP contribution in [0.1, 0.15) is 0 Å². The van der Waals surface area contributed by atoms with Gasteiger partial charge in [0, 0.05) is 13.1 Å². The van der Waals surface area contributed by atoms with Gasteiger partial charge < -0.3 is 15.2 Å². The van der Waals surface area contributed by atoms with Gasteiger partial charge in [-0.2, -0.15) is 0 Å². The number of halogens is 1. The summed E-state index contributed by atoms with van der Waals surface area (Å²) in [5.74, 6) is 0.466. The summed E-state index contributed by atoms with van der Waals surface area (Å²) in [6, 6.07) is 1.86. The average Bonchev–Trinajstić information content (AvgIpc) is 2.90. The molecule has 0 fully saturated rings. The summed E-state index contributed by atoms with van der Waals surface area (Å²) in [6.45, 7) is 1.49. The van der Waals surface area contributed by atoms with E-state index in [1.54, 1.807) is 0 Å². The van der Waals surface area contributed by atoms with Crippen LogP contribution >= 0.6 is 22.9 Å². The number of hydrogen-bond acceptors (Lipinski definition) is 6. The molecule has 3 aromatic heterocycles. The van der Waals surface area contributed by atoms with Crippen LogP contribution in [0.25, 0.3) is 21.1 Å². The van der Waals surface area contributed by atoms with E-state index >= 15 is 0 Å². The molecule has 21 heavy (non-hydrogen) atoms. The van der Waals surface area contributed by atoms with Crippen LogP contribution in [0.15, 0.2) is 16.2 Å². The van der Waals surface area contributed by atoms with Gasteiger partial charge in [-0.25, -0.2) is 0 Å². The number of H-pyrrole nitrogens is 1. The maximum atomic E-state index is 12.6. The molecule has 0 saturated heterocycles. The van der Waals surface area contributed by atoms with Gasteiger partial charge in [0.05, 0.1) is 21.1 Å². The number of aromatic amines is 1. The molecule has 0 bridgehead atoms. The minimum absolute atomic E-state index is 0.0714. The Kier molecular flexibility index (Phi) is 3.79. The second-order valence-electron chi connectivity index (χ2n) is 4.94. The molecule has 0 amide bonds. The average molecular weight is 324 g/mol. The lowest BCUT2D eigenvalue weighted by Gasteiger charge is -2.12. The lowest BCUT2D eigenvalue weighted by molar-refractivity contribution is 0.425. The smallest absolute Gasteiger partial charge is 0.211 e. The summed E-state index contributed by atoms with van der Waals surface area (Å²) >= 11 is 7.48. The Morgan fingerprint density at radius 3 is 3.00 bits per heavy atom. The van der Waals surface area contributed by atoms with Gasteiger partial charge >= 0.3 is 0 Å². The topological polar surface area (TPSA) is 73.9 Å². The number of fused-ring (bicyclic) bond motifs is 2. The molecule has 0 radical (unpaired) electrons. The van der Waals surface area contributed by atoms with Gasteiger partial charge in [-0.15, -0.1) is 21.5 Å². The minimum atomic E-state index is -0.0714. The van der Waals surface area contributed by atoms with Crippen molar-refractivity contribution < 1.29 is 0 Å². The summed E-state index contributed by atoms with van der Waals surface area (Å²) in [6.07, 6.45) is 0. The molecular weight excluding hydrogens is 310 g/mol. The summed E-state index contributed by atoms with van der Waals surface area (Å²) in [7, 11) is 3.96. The molecular formula is C13H14ClN5OS. The first-order valence-electron chi connectivity index (χ1n) is 6.42. The van der Waals surface area contributed by atoms with Crippen molar-refractivity contribution in [3.63, 3.8) is 0 Å². The number of nitrogens with one attached hydrogen (secondary N) is 2. The van der Waals surface area contributed by atoms with Gasteiger partial charge in [0.25, 0.3) is 0 Å². The van der Waals surface area contributed by atoms with Crippen molar-refractivity contribution in [2.45, 2.75) is 0 Å². The van der Waals surface area contributed by atoms with Gasteiger partial charge in [0.15, 0.2) is 11.0 Å². The number of hydrogen-bond donors (Lipinski definition) is 2. The Bertz CT molecular complexity index is 857. The van der Waals surface area contributed by atoms with Crippen molar-refractivity contribution in [2.24, 2.45) is 0 Å². The van der Waals surface area contributed by atoms with Crippen LogP contribution in [0.5, 0.6) is 0 Å². The van der Waals surface area contributed by atoms with Gasteiger partial charge in [-0.05, 0) is 25.5 Å². The number of pyridine rings is 1. The first kappa shape index (κ1) is 14.2. The highest BCUT2D eigenvalue weighted by molar-refractivity contribution is 7.17. The number of rotatable bonds is 4. The van der Waals surface area contributed by atoms with E-state index in [0.29, 0.717) is 28.0 Å². The number of thiophene rings is 1. The third-order valence-electron chi connectivity index (χ3n) is 3.14. The Morgan fingerprint density at radius 2 is 2.24 bits per heavy atom. The molecule has 0 unspecified atom stereocenters. The lowest BCUT2D eigenvalue weighted by Crippen LogP contribution is -2.22. The van der Waals surface area contributed by atoms with Crippen molar-refractivity contribution in [1.29, 1.82) is 0 Å². The largest absolute Gasteiger partial charge is 0.367 e. The summed E-state index contributed by atoms with van der Waals surface area (Å²) in [5.41, 5.74) is 1.22. The fraction of sp³-hybridized carbons (Fsp3) is 0.308. The summed E-state index contributed by atoms with van der Waals surface area (Å²) in [5, 5.41) is 13.6. The van der Waals surface area contributed by atoms with E-state index in [1.165, 1.54) is 11.3 Å². The fourth-order valence-electron chi connectivity index (χ4n) is 2.10. The van der Waals surface area contributed by atoms with Crippen LogP contribution in [0, 0.1) is 0 Å². The fourth-order valence-corrected chi connectivity index (χ4v) is 3.08. The molecule has 0 aromatic carbocycles. The highest BCUT2D eigenvalue weighted by atomic mass is 35.5. The van der Waals surface area contributed by atoms with Crippen molar-refractivity contribution in [1.82, 2.24) is 20.1 Å². The molecule has 0 saturated carbocycles. The normalized spacial score (nSPS) is 11.6. The predicted octanol–water partition coefficient (Wildman–Crippen LogP) is 2.16. The molecule has 0 aliphatic rings. The third-order valence-corrected chi connectivity index (χ3v) is 4.32. The van der Waals surface area contributed by atoms with Crippen molar-refractivity contribution in [2.75, 3.05) is 32.5 Å². The minimum Gasteiger partial charge on any atom is -0.367 e. The Balaban J connectivity index is 2.16. The number of anilines is 1. The SMILES string of the molecule is CN(C)CCNc1nnc(Cl)c2[nH]c3ccsc3c(=O)c12. The molecule has 0 aliphatic carbocycles. The van der Waals surface area contributed by atoms with Crippen molar-refractivity contribution in [3.8, 4) is 0 Å². The quantitative estimate of drug-likeness (QED) is 0.769. The van der Waals surface area contributed by atoms with Gasteiger partial charge in [0.2, 0.25) is 5.43 Å². The number of nitrogens with zero attached hydrogens (tertiary/aromatic N) is 3. The second-order valence-corrected chi connectivity index (χ2v) is 6.21. The van der Waals surface area contributed by atoms with Crippen LogP contribution in [-0.4, -0.2) is 47.3 Å². The van der Waals surface area contributed by atoms with E-state index in [4.69, 9.17) is 11.6 Å². The summed E-state index contributed by atoms with van der Waals surface area (Å²) < 4.78 is 0.669. The molecule has 110 valence electrons. The zero-order valence-electron chi connectivity index (χ0n) is 11.6. The number of likely N-dealkylation sites (N-methyl/N-ethyl adjacent to an activating group) is 1. The molecule has 2 N–H and O–H groups in total. The highest BCUT2D eigenvalue weighted by Gasteiger charge is 2.15. The van der Waals surface area contributed by atoms with Gasteiger partial charge in [-0.1, -0.05) is 11.6 Å². The van der Waals surface area contributed by atoms with E-state index in [0.717, 1.165) is 12.1 Å². The maximum Gasteiger partial charge on any atom is 0.211 e. The molecule has 3 heterocycles. The molecule has 8 heteroatoms. The highest BCUT2D eigenvalue weighted by Crippen LogP contribution is 2.26. The zero-order chi connectivity index (χ0) is 15.0. The molecule has 3 rings (SSSR count). The molecule has 0 spiro atoms. The summed E-state index contributed by atoms with van der Waals surface area (Å²) in [4.78, 5) is 17.8. The van der Waals surface area contributed by atoms with E-state index < -0.39 is 0 Å². The van der Waals surface area contributed by atoms with E-state index in [-0.39, 0.29) is 10.6 Å². The Hall–Kier alpha value is -1.70. The van der Waals surface area contributed by atoms with Crippen LogP contribution in [0.2, 0.25) is 5.15 Å². The van der Waals surface area contributed by atoms with Crippen LogP contribution in [-0.2, 0) is 0 Å². The van der Waals surface area contributed by atoms with Crippen LogP contribution < -0.4 is 10.7 Å². The van der Waals surface area contributed by atoms with E-state index in [1.807, 2.05) is 30.4 Å². The van der Waals surface area contributed by atoms with Gasteiger partial charge in [0.1, 0.15) is 0 Å².